The summed E-state index contributed by atoms with van der Waals surface area (Å²) in [6, 6.07) is 18.1. The van der Waals surface area contributed by atoms with Gasteiger partial charge in [0.25, 0.3) is 5.91 Å². The van der Waals surface area contributed by atoms with Crippen LogP contribution in [-0.4, -0.2) is 21.4 Å². The van der Waals surface area contributed by atoms with Crippen LogP contribution in [-0.2, 0) is 14.9 Å². The number of methoxy groups -OCH3 is 1. The molecule has 0 aromatic heterocycles. The molecular formula is C23H16Cl2N2O5S. The minimum absolute atomic E-state index is 0.0634. The molecule has 3 rings (SSSR count). The molecule has 0 radical (unpaired) electrons. The van der Waals surface area contributed by atoms with Gasteiger partial charge in [-0.1, -0.05) is 35.3 Å². The zero-order chi connectivity index (χ0) is 24.0. The van der Waals surface area contributed by atoms with Crippen molar-refractivity contribution >= 4 is 51.0 Å². The third-order valence-electron chi connectivity index (χ3n) is 4.25. The zero-order valence-electron chi connectivity index (χ0n) is 17.1. The van der Waals surface area contributed by atoms with Crippen LogP contribution in [0.3, 0.4) is 0 Å². The molecule has 10 heteroatoms. The molecule has 1 N–H and O–H groups in total. The molecular weight excluding hydrogens is 487 g/mol. The minimum atomic E-state index is -4.14. The summed E-state index contributed by atoms with van der Waals surface area (Å²) in [4.78, 5) is 12.4. The Labute approximate surface area is 200 Å². The van der Waals surface area contributed by atoms with E-state index in [-0.39, 0.29) is 22.0 Å². The van der Waals surface area contributed by atoms with Crippen molar-refractivity contribution < 1.29 is 22.1 Å². The summed E-state index contributed by atoms with van der Waals surface area (Å²) in [6.45, 7) is 0. The second kappa shape index (κ2) is 10.4. The summed E-state index contributed by atoms with van der Waals surface area (Å²) >= 11 is 11.7. The average molecular weight is 503 g/mol. The third kappa shape index (κ3) is 6.26. The third-order valence-corrected chi connectivity index (χ3v) is 5.98. The highest BCUT2D eigenvalue weighted by Gasteiger charge is 2.19. The predicted molar refractivity (Wildman–Crippen MR) is 126 cm³/mol. The largest absolute Gasteiger partial charge is 0.493 e. The first kappa shape index (κ1) is 24.1. The van der Waals surface area contributed by atoms with Crippen molar-refractivity contribution in [1.29, 1.82) is 5.26 Å². The summed E-state index contributed by atoms with van der Waals surface area (Å²) in [5.74, 6) is -0.607. The molecule has 168 valence electrons. The van der Waals surface area contributed by atoms with E-state index in [1.54, 1.807) is 24.3 Å². The highest BCUT2D eigenvalue weighted by molar-refractivity contribution is 7.87. The molecule has 0 bridgehead atoms. The number of halogens is 2. The molecule has 0 spiro atoms. The topological polar surface area (TPSA) is 105 Å². The molecule has 0 saturated heterocycles. The second-order valence-electron chi connectivity index (χ2n) is 6.54. The maximum atomic E-state index is 12.5. The van der Waals surface area contributed by atoms with Gasteiger partial charge in [0.15, 0.2) is 11.5 Å². The first-order chi connectivity index (χ1) is 15.7. The smallest absolute Gasteiger partial charge is 0.339 e. The summed E-state index contributed by atoms with van der Waals surface area (Å²) in [5, 5.41) is 12.8. The van der Waals surface area contributed by atoms with Crippen LogP contribution in [0, 0.1) is 11.3 Å². The molecule has 33 heavy (non-hydrogen) atoms. The SMILES string of the molecule is COc1cc(/C=C(\C#N)C(=O)Nc2cccc(Cl)c2)ccc1OS(=O)(=O)c1ccc(Cl)cc1. The minimum Gasteiger partial charge on any atom is -0.493 e. The van der Waals surface area contributed by atoms with Crippen molar-refractivity contribution in [3.63, 3.8) is 0 Å². The van der Waals surface area contributed by atoms with E-state index >= 15 is 0 Å². The van der Waals surface area contributed by atoms with E-state index in [4.69, 9.17) is 32.1 Å². The summed E-state index contributed by atoms with van der Waals surface area (Å²) in [5.41, 5.74) is 0.669. The molecule has 0 aliphatic heterocycles. The number of rotatable bonds is 7. The fourth-order valence-electron chi connectivity index (χ4n) is 2.69. The summed E-state index contributed by atoms with van der Waals surface area (Å²) in [7, 11) is -2.80. The number of hydrogen-bond donors (Lipinski definition) is 1. The Morgan fingerprint density at radius 1 is 1.00 bits per heavy atom. The standard InChI is InChI=1S/C23H16Cl2N2O5S/c1-31-22-12-15(11-16(14-26)23(28)27-19-4-2-3-18(25)13-19)5-10-21(22)32-33(29,30)20-8-6-17(24)7-9-20/h2-13H,1H3,(H,27,28)/b16-11+. The lowest BCUT2D eigenvalue weighted by atomic mass is 10.1. The number of nitriles is 1. The van der Waals surface area contributed by atoms with Gasteiger partial charge in [-0.3, -0.25) is 4.79 Å². The van der Waals surface area contributed by atoms with Gasteiger partial charge in [0, 0.05) is 15.7 Å². The van der Waals surface area contributed by atoms with Crippen molar-refractivity contribution in [3.8, 4) is 17.6 Å². The highest BCUT2D eigenvalue weighted by Crippen LogP contribution is 2.32. The normalized spacial score (nSPS) is 11.4. The van der Waals surface area contributed by atoms with Crippen LogP contribution in [0.15, 0.2) is 77.2 Å². The van der Waals surface area contributed by atoms with Gasteiger partial charge in [0.2, 0.25) is 0 Å². The van der Waals surface area contributed by atoms with Gasteiger partial charge in [-0.25, -0.2) is 0 Å². The van der Waals surface area contributed by atoms with Gasteiger partial charge in [-0.05, 0) is 66.2 Å². The first-order valence-corrected chi connectivity index (χ1v) is 11.4. The molecule has 7 nitrogen and oxygen atoms in total. The Morgan fingerprint density at radius 3 is 2.36 bits per heavy atom. The van der Waals surface area contributed by atoms with E-state index in [1.807, 2.05) is 6.07 Å². The predicted octanol–water partition coefficient (Wildman–Crippen LogP) is 5.32. The molecule has 0 atom stereocenters. The lowest BCUT2D eigenvalue weighted by Crippen LogP contribution is -2.13. The van der Waals surface area contributed by atoms with Crippen LogP contribution in [0.1, 0.15) is 5.56 Å². The molecule has 0 aliphatic carbocycles. The second-order valence-corrected chi connectivity index (χ2v) is 8.96. The van der Waals surface area contributed by atoms with Crippen LogP contribution < -0.4 is 14.2 Å². The van der Waals surface area contributed by atoms with Gasteiger partial charge >= 0.3 is 10.1 Å². The molecule has 3 aromatic rings. The molecule has 0 unspecified atom stereocenters. The fourth-order valence-corrected chi connectivity index (χ4v) is 3.95. The van der Waals surface area contributed by atoms with E-state index in [2.05, 4.69) is 5.32 Å². The zero-order valence-corrected chi connectivity index (χ0v) is 19.4. The van der Waals surface area contributed by atoms with E-state index in [1.165, 1.54) is 55.7 Å². The molecule has 3 aromatic carbocycles. The van der Waals surface area contributed by atoms with Crippen molar-refractivity contribution in [3.05, 3.63) is 87.9 Å². The molecule has 0 aliphatic rings. The van der Waals surface area contributed by atoms with Crippen molar-refractivity contribution in [2.75, 3.05) is 12.4 Å². The summed E-state index contributed by atoms with van der Waals surface area (Å²) in [6.07, 6.45) is 1.33. The van der Waals surface area contributed by atoms with Crippen LogP contribution in [0.5, 0.6) is 11.5 Å². The number of hydrogen-bond acceptors (Lipinski definition) is 6. The Bertz CT molecular complexity index is 1360. The quantitative estimate of drug-likeness (QED) is 0.266. The number of nitrogens with zero attached hydrogens (tertiary/aromatic N) is 1. The maximum Gasteiger partial charge on any atom is 0.339 e. The maximum absolute atomic E-state index is 12.5. The monoisotopic (exact) mass is 502 g/mol. The van der Waals surface area contributed by atoms with Gasteiger partial charge < -0.3 is 14.2 Å². The lowest BCUT2D eigenvalue weighted by Gasteiger charge is -2.11. The van der Waals surface area contributed by atoms with E-state index < -0.39 is 16.0 Å². The van der Waals surface area contributed by atoms with E-state index in [0.29, 0.717) is 21.3 Å². The van der Waals surface area contributed by atoms with E-state index in [9.17, 15) is 18.5 Å². The van der Waals surface area contributed by atoms with Gasteiger partial charge in [0.1, 0.15) is 16.5 Å². The Kier molecular flexibility index (Phi) is 7.61. The average Bonchev–Trinajstić information content (AvgIpc) is 2.78. The van der Waals surface area contributed by atoms with Gasteiger partial charge in [-0.15, -0.1) is 0 Å². The molecule has 0 fully saturated rings. The Hall–Kier alpha value is -3.51. The van der Waals surface area contributed by atoms with Gasteiger partial charge in [-0.2, -0.15) is 13.7 Å². The Balaban J connectivity index is 1.84. The number of ether oxygens (including phenoxy) is 1. The van der Waals surface area contributed by atoms with E-state index in [0.717, 1.165) is 0 Å². The molecule has 0 heterocycles. The number of carbonyl (C=O) groups excluding carboxylic acids is 1. The van der Waals surface area contributed by atoms with Crippen molar-refractivity contribution in [2.24, 2.45) is 0 Å². The number of carbonyl (C=O) groups is 1. The first-order valence-electron chi connectivity index (χ1n) is 9.28. The summed E-state index contributed by atoms with van der Waals surface area (Å²) < 4.78 is 35.5. The lowest BCUT2D eigenvalue weighted by molar-refractivity contribution is -0.112. The van der Waals surface area contributed by atoms with Crippen LogP contribution >= 0.6 is 23.2 Å². The number of nitrogens with one attached hydrogen (secondary N) is 1. The molecule has 1 amide bonds. The molecule has 0 saturated carbocycles. The van der Waals surface area contributed by atoms with Crippen LogP contribution in [0.4, 0.5) is 5.69 Å². The highest BCUT2D eigenvalue weighted by atomic mass is 35.5. The number of amides is 1. The fraction of sp³-hybridized carbons (Fsp3) is 0.0435. The van der Waals surface area contributed by atoms with Crippen LogP contribution in [0.2, 0.25) is 10.0 Å². The number of anilines is 1. The van der Waals surface area contributed by atoms with Crippen molar-refractivity contribution in [2.45, 2.75) is 4.90 Å². The van der Waals surface area contributed by atoms with Crippen molar-refractivity contribution in [1.82, 2.24) is 0 Å². The van der Waals surface area contributed by atoms with Crippen LogP contribution in [0.25, 0.3) is 6.08 Å². The number of benzene rings is 3. The Morgan fingerprint density at radius 2 is 1.73 bits per heavy atom. The van der Waals surface area contributed by atoms with Gasteiger partial charge in [0.05, 0.1) is 7.11 Å².